The van der Waals surface area contributed by atoms with Gasteiger partial charge in [0.2, 0.25) is 0 Å². The Morgan fingerprint density at radius 3 is 2.62 bits per heavy atom. The maximum atomic E-state index is 10.1. The Labute approximate surface area is 99.8 Å². The van der Waals surface area contributed by atoms with E-state index in [1.54, 1.807) is 0 Å². The molecule has 3 unspecified atom stereocenters. The van der Waals surface area contributed by atoms with E-state index in [1.807, 2.05) is 0 Å². The first kappa shape index (κ1) is 12.4. The van der Waals surface area contributed by atoms with Crippen LogP contribution in [0, 0.1) is 11.3 Å². The molecule has 2 N–H and O–H groups in total. The van der Waals surface area contributed by atoms with Crippen molar-refractivity contribution in [2.24, 2.45) is 11.3 Å². The number of aliphatic hydroxyl groups is 1. The summed E-state index contributed by atoms with van der Waals surface area (Å²) in [6.45, 7) is 5.53. The van der Waals surface area contributed by atoms with Gasteiger partial charge in [0.25, 0.3) is 0 Å². The summed E-state index contributed by atoms with van der Waals surface area (Å²) < 4.78 is 0. The fraction of sp³-hybridized carbons (Fsp3) is 1.00. The largest absolute Gasteiger partial charge is 0.393 e. The Morgan fingerprint density at radius 2 is 2.06 bits per heavy atom. The van der Waals surface area contributed by atoms with Crippen LogP contribution < -0.4 is 5.32 Å². The number of hydrogen-bond donors (Lipinski definition) is 2. The summed E-state index contributed by atoms with van der Waals surface area (Å²) in [5.74, 6) is 0.925. The van der Waals surface area contributed by atoms with Crippen molar-refractivity contribution in [3.05, 3.63) is 0 Å². The van der Waals surface area contributed by atoms with Crippen molar-refractivity contribution in [3.8, 4) is 0 Å². The monoisotopic (exact) mass is 225 g/mol. The molecule has 2 fully saturated rings. The SMILES string of the molecule is CCC(NCC1(C)CCCCC1O)C1CC1. The average molecular weight is 225 g/mol. The third-order valence-corrected chi connectivity index (χ3v) is 4.68. The Bertz CT molecular complexity index is 227. The van der Waals surface area contributed by atoms with Crippen LogP contribution in [0.25, 0.3) is 0 Å². The zero-order valence-electron chi connectivity index (χ0n) is 10.8. The van der Waals surface area contributed by atoms with Gasteiger partial charge in [-0.05, 0) is 38.0 Å². The number of hydrogen-bond acceptors (Lipinski definition) is 2. The molecule has 16 heavy (non-hydrogen) atoms. The van der Waals surface area contributed by atoms with Crippen LogP contribution in [0.5, 0.6) is 0 Å². The van der Waals surface area contributed by atoms with E-state index in [2.05, 4.69) is 19.2 Å². The Balaban J connectivity index is 1.82. The smallest absolute Gasteiger partial charge is 0.0605 e. The van der Waals surface area contributed by atoms with Crippen molar-refractivity contribution in [1.82, 2.24) is 5.32 Å². The summed E-state index contributed by atoms with van der Waals surface area (Å²) >= 11 is 0. The van der Waals surface area contributed by atoms with Gasteiger partial charge in [-0.25, -0.2) is 0 Å². The van der Waals surface area contributed by atoms with E-state index in [0.29, 0.717) is 6.04 Å². The molecule has 0 aromatic carbocycles. The van der Waals surface area contributed by atoms with Crippen molar-refractivity contribution in [2.75, 3.05) is 6.54 Å². The molecule has 0 aromatic heterocycles. The van der Waals surface area contributed by atoms with E-state index in [1.165, 1.54) is 38.5 Å². The van der Waals surface area contributed by atoms with Crippen LogP contribution in [0.4, 0.5) is 0 Å². The minimum absolute atomic E-state index is 0.0922. The van der Waals surface area contributed by atoms with E-state index >= 15 is 0 Å². The van der Waals surface area contributed by atoms with Gasteiger partial charge in [-0.2, -0.15) is 0 Å². The predicted molar refractivity (Wildman–Crippen MR) is 67.4 cm³/mol. The quantitative estimate of drug-likeness (QED) is 0.754. The van der Waals surface area contributed by atoms with Crippen molar-refractivity contribution < 1.29 is 5.11 Å². The van der Waals surface area contributed by atoms with Gasteiger partial charge in [0.1, 0.15) is 0 Å². The zero-order valence-corrected chi connectivity index (χ0v) is 10.8. The van der Waals surface area contributed by atoms with Crippen LogP contribution in [-0.2, 0) is 0 Å². The Hall–Kier alpha value is -0.0800. The second kappa shape index (κ2) is 5.05. The second-order valence-corrected chi connectivity index (χ2v) is 6.15. The minimum Gasteiger partial charge on any atom is -0.393 e. The standard InChI is InChI=1S/C14H27NO/c1-3-12(11-7-8-11)15-10-14(2)9-5-4-6-13(14)16/h11-13,15-16H,3-10H2,1-2H3. The summed E-state index contributed by atoms with van der Waals surface area (Å²) in [4.78, 5) is 0. The van der Waals surface area contributed by atoms with Gasteiger partial charge >= 0.3 is 0 Å². The van der Waals surface area contributed by atoms with Gasteiger partial charge in [-0.15, -0.1) is 0 Å². The molecule has 0 radical (unpaired) electrons. The fourth-order valence-corrected chi connectivity index (χ4v) is 3.09. The molecule has 2 heteroatoms. The molecule has 0 bridgehead atoms. The molecule has 0 saturated heterocycles. The first-order valence-electron chi connectivity index (χ1n) is 7.07. The van der Waals surface area contributed by atoms with E-state index in [9.17, 15) is 5.11 Å². The van der Waals surface area contributed by atoms with Gasteiger partial charge in [0, 0.05) is 18.0 Å². The maximum Gasteiger partial charge on any atom is 0.0605 e. The molecule has 0 spiro atoms. The van der Waals surface area contributed by atoms with Gasteiger partial charge in [-0.1, -0.05) is 26.7 Å². The zero-order chi connectivity index (χ0) is 11.6. The van der Waals surface area contributed by atoms with E-state index in [4.69, 9.17) is 0 Å². The Morgan fingerprint density at radius 1 is 1.31 bits per heavy atom. The molecule has 2 saturated carbocycles. The van der Waals surface area contributed by atoms with Crippen LogP contribution in [0.2, 0.25) is 0 Å². The summed E-state index contributed by atoms with van der Waals surface area (Å²) in [6.07, 6.45) is 8.63. The molecule has 0 amide bonds. The van der Waals surface area contributed by atoms with Crippen molar-refractivity contribution in [1.29, 1.82) is 0 Å². The molecule has 2 rings (SSSR count). The summed E-state index contributed by atoms with van der Waals surface area (Å²) in [6, 6.07) is 0.700. The van der Waals surface area contributed by atoms with Gasteiger partial charge in [-0.3, -0.25) is 0 Å². The van der Waals surface area contributed by atoms with Crippen molar-refractivity contribution in [3.63, 3.8) is 0 Å². The molecule has 2 aliphatic carbocycles. The topological polar surface area (TPSA) is 32.3 Å². The molecular weight excluding hydrogens is 198 g/mol. The summed E-state index contributed by atoms with van der Waals surface area (Å²) in [5, 5.41) is 13.8. The van der Waals surface area contributed by atoms with Crippen LogP contribution in [0.1, 0.15) is 58.8 Å². The first-order chi connectivity index (χ1) is 7.65. The van der Waals surface area contributed by atoms with Crippen molar-refractivity contribution >= 4 is 0 Å². The highest BCUT2D eigenvalue weighted by Gasteiger charge is 2.37. The molecule has 3 atom stereocenters. The van der Waals surface area contributed by atoms with Gasteiger partial charge in [0.05, 0.1) is 6.10 Å². The molecule has 0 aliphatic heterocycles. The van der Waals surface area contributed by atoms with E-state index in [-0.39, 0.29) is 11.5 Å². The lowest BCUT2D eigenvalue weighted by atomic mass is 9.73. The predicted octanol–water partition coefficient (Wildman–Crippen LogP) is 2.71. The normalized spacial score (nSPS) is 37.3. The highest BCUT2D eigenvalue weighted by atomic mass is 16.3. The lowest BCUT2D eigenvalue weighted by Gasteiger charge is -2.39. The number of nitrogens with one attached hydrogen (secondary N) is 1. The first-order valence-corrected chi connectivity index (χ1v) is 7.07. The third kappa shape index (κ3) is 2.78. The summed E-state index contributed by atoms with van der Waals surface area (Å²) in [5.41, 5.74) is 0.126. The third-order valence-electron chi connectivity index (χ3n) is 4.68. The molecule has 2 aliphatic rings. The lowest BCUT2D eigenvalue weighted by molar-refractivity contribution is -0.000749. The number of rotatable bonds is 5. The maximum absolute atomic E-state index is 10.1. The number of aliphatic hydroxyl groups excluding tert-OH is 1. The van der Waals surface area contributed by atoms with Crippen LogP contribution in [0.15, 0.2) is 0 Å². The van der Waals surface area contributed by atoms with E-state index < -0.39 is 0 Å². The van der Waals surface area contributed by atoms with Crippen molar-refractivity contribution in [2.45, 2.75) is 70.9 Å². The van der Waals surface area contributed by atoms with Crippen LogP contribution in [0.3, 0.4) is 0 Å². The molecule has 0 heterocycles. The Kier molecular flexibility index (Phi) is 3.91. The van der Waals surface area contributed by atoms with E-state index in [0.717, 1.165) is 18.9 Å². The molecule has 0 aromatic rings. The molecular formula is C14H27NO. The van der Waals surface area contributed by atoms with Gasteiger partial charge < -0.3 is 10.4 Å². The summed E-state index contributed by atoms with van der Waals surface area (Å²) in [7, 11) is 0. The fourth-order valence-electron chi connectivity index (χ4n) is 3.09. The highest BCUT2D eigenvalue weighted by Crippen LogP contribution is 2.37. The minimum atomic E-state index is -0.0922. The average Bonchev–Trinajstić information content (AvgIpc) is 3.08. The molecule has 94 valence electrons. The second-order valence-electron chi connectivity index (χ2n) is 6.15. The molecule has 2 nitrogen and oxygen atoms in total. The van der Waals surface area contributed by atoms with Gasteiger partial charge in [0.15, 0.2) is 0 Å². The van der Waals surface area contributed by atoms with Crippen LogP contribution >= 0.6 is 0 Å². The lowest BCUT2D eigenvalue weighted by Crippen LogP contribution is -2.46. The highest BCUT2D eigenvalue weighted by molar-refractivity contribution is 4.91. The van der Waals surface area contributed by atoms with Crippen LogP contribution in [-0.4, -0.2) is 23.8 Å².